The molecule has 0 unspecified atom stereocenters. The number of benzene rings is 1. The van der Waals surface area contributed by atoms with Crippen molar-refractivity contribution in [1.29, 1.82) is 5.41 Å². The molecule has 15 heavy (non-hydrogen) atoms. The fourth-order valence-electron chi connectivity index (χ4n) is 1.03. The minimum atomic E-state index is -0.192. The number of hydrogen-bond donors (Lipinski definition) is 2. The molecule has 0 heterocycles. The van der Waals surface area contributed by atoms with Crippen molar-refractivity contribution in [1.82, 2.24) is 0 Å². The van der Waals surface area contributed by atoms with Gasteiger partial charge in [-0.05, 0) is 28.9 Å². The van der Waals surface area contributed by atoms with Crippen LogP contribution in [0.3, 0.4) is 0 Å². The van der Waals surface area contributed by atoms with Crippen molar-refractivity contribution in [2.75, 3.05) is 6.54 Å². The molecule has 0 saturated heterocycles. The second-order valence-electron chi connectivity index (χ2n) is 2.66. The van der Waals surface area contributed by atoms with Crippen LogP contribution in [0.5, 0.6) is 5.75 Å². The average molecular weight is 205 g/mol. The Morgan fingerprint density at radius 1 is 1.60 bits per heavy atom. The highest BCUT2D eigenvalue weighted by Gasteiger charge is 2.08. The number of azide groups is 1. The Hall–Kier alpha value is -2.40. The molecule has 0 saturated carbocycles. The van der Waals surface area contributed by atoms with Gasteiger partial charge in [-0.2, -0.15) is 0 Å². The highest BCUT2D eigenvalue weighted by molar-refractivity contribution is 6.04. The fraction of sp³-hybridized carbons (Fsp3) is 0.125. The smallest absolute Gasteiger partial charge is 0.117 e. The molecule has 0 atom stereocenters. The molecule has 76 valence electrons. The van der Waals surface area contributed by atoms with E-state index in [1.807, 2.05) is 0 Å². The first-order valence-electron chi connectivity index (χ1n) is 3.94. The number of nitrogens with one attached hydrogen (secondary N) is 1. The van der Waals surface area contributed by atoms with Crippen molar-refractivity contribution in [2.24, 2.45) is 10.3 Å². The summed E-state index contributed by atoms with van der Waals surface area (Å²) >= 11 is 0. The minimum Gasteiger partial charge on any atom is -0.508 e. The van der Waals surface area contributed by atoms with E-state index in [1.54, 1.807) is 0 Å². The third-order valence-electron chi connectivity index (χ3n) is 1.70. The second-order valence-corrected chi connectivity index (χ2v) is 2.66. The van der Waals surface area contributed by atoms with Gasteiger partial charge in [0.1, 0.15) is 11.4 Å². The topological polar surface area (TPSA) is 122 Å². The molecule has 1 rings (SSSR count). The van der Waals surface area contributed by atoms with E-state index in [-0.39, 0.29) is 29.3 Å². The lowest BCUT2D eigenvalue weighted by atomic mass is 10.1. The van der Waals surface area contributed by atoms with Crippen LogP contribution in [0.15, 0.2) is 28.5 Å². The van der Waals surface area contributed by atoms with E-state index in [0.717, 1.165) is 0 Å². The van der Waals surface area contributed by atoms with Gasteiger partial charge in [-0.1, -0.05) is 5.11 Å². The van der Waals surface area contributed by atoms with E-state index in [9.17, 15) is 4.91 Å². The molecule has 0 aliphatic carbocycles. The Bertz CT molecular complexity index is 450. The highest BCUT2D eigenvalue weighted by atomic mass is 16.3. The van der Waals surface area contributed by atoms with E-state index in [1.165, 1.54) is 18.2 Å². The summed E-state index contributed by atoms with van der Waals surface area (Å²) in [6.45, 7) is -0.192. The Morgan fingerprint density at radius 3 is 2.93 bits per heavy atom. The van der Waals surface area contributed by atoms with Crippen LogP contribution in [0, 0.1) is 10.3 Å². The summed E-state index contributed by atoms with van der Waals surface area (Å²) in [7, 11) is 0. The lowest BCUT2D eigenvalue weighted by molar-refractivity contribution is 0.475. The van der Waals surface area contributed by atoms with Gasteiger partial charge in [0.15, 0.2) is 0 Å². The third-order valence-corrected chi connectivity index (χ3v) is 1.70. The highest BCUT2D eigenvalue weighted by Crippen LogP contribution is 2.24. The molecular formula is C8H7N5O2. The van der Waals surface area contributed by atoms with Gasteiger partial charge in [0, 0.05) is 16.2 Å². The van der Waals surface area contributed by atoms with Gasteiger partial charge in [0.25, 0.3) is 0 Å². The molecule has 0 fully saturated rings. The molecule has 7 nitrogen and oxygen atoms in total. The maximum atomic E-state index is 10.4. The molecule has 0 aliphatic heterocycles. The van der Waals surface area contributed by atoms with Gasteiger partial charge in [-0.15, -0.1) is 4.91 Å². The Balaban J connectivity index is 3.10. The summed E-state index contributed by atoms with van der Waals surface area (Å²) < 4.78 is 0. The van der Waals surface area contributed by atoms with Gasteiger partial charge >= 0.3 is 0 Å². The number of rotatable bonds is 4. The van der Waals surface area contributed by atoms with Gasteiger partial charge in [-0.25, -0.2) is 0 Å². The predicted molar refractivity (Wildman–Crippen MR) is 54.4 cm³/mol. The molecule has 0 amide bonds. The van der Waals surface area contributed by atoms with Crippen molar-refractivity contribution in [3.05, 3.63) is 39.1 Å². The summed E-state index contributed by atoms with van der Waals surface area (Å²) in [5.41, 5.74) is 8.20. The Labute approximate surface area is 84.5 Å². The molecular weight excluding hydrogens is 198 g/mol. The van der Waals surface area contributed by atoms with Crippen molar-refractivity contribution >= 4 is 11.4 Å². The van der Waals surface area contributed by atoms with Crippen molar-refractivity contribution in [3.63, 3.8) is 0 Å². The fourth-order valence-corrected chi connectivity index (χ4v) is 1.03. The lowest BCUT2D eigenvalue weighted by Gasteiger charge is -2.03. The van der Waals surface area contributed by atoms with Crippen molar-refractivity contribution < 1.29 is 5.11 Å². The van der Waals surface area contributed by atoms with Crippen LogP contribution in [0.1, 0.15) is 5.56 Å². The van der Waals surface area contributed by atoms with E-state index in [4.69, 9.17) is 16.0 Å². The number of nitrogens with zero attached hydrogens (tertiary/aromatic N) is 4. The van der Waals surface area contributed by atoms with Crippen LogP contribution in [0.25, 0.3) is 10.4 Å². The second kappa shape index (κ2) is 4.73. The van der Waals surface area contributed by atoms with Gasteiger partial charge in [-0.3, -0.25) is 0 Å². The summed E-state index contributed by atoms with van der Waals surface area (Å²) in [5.74, 6) is -0.0805. The largest absolute Gasteiger partial charge is 0.508 e. The van der Waals surface area contributed by atoms with Crippen LogP contribution < -0.4 is 0 Å². The SMILES string of the molecule is [N-]=[N+]=NCC(=N)c1cc(O)ccc1N=O. The first-order valence-corrected chi connectivity index (χ1v) is 3.94. The maximum absolute atomic E-state index is 10.4. The normalized spacial score (nSPS) is 9.07. The number of phenols is 1. The minimum absolute atomic E-state index is 0.0333. The lowest BCUT2D eigenvalue weighted by Crippen LogP contribution is -2.02. The summed E-state index contributed by atoms with van der Waals surface area (Å²) in [6, 6.07) is 3.81. The van der Waals surface area contributed by atoms with Crippen LogP contribution in [0.4, 0.5) is 5.69 Å². The van der Waals surface area contributed by atoms with E-state index >= 15 is 0 Å². The third kappa shape index (κ3) is 2.52. The summed E-state index contributed by atoms with van der Waals surface area (Å²) in [5, 5.41) is 22.6. The Morgan fingerprint density at radius 2 is 2.33 bits per heavy atom. The average Bonchev–Trinajstić information content (AvgIpc) is 2.25. The first kappa shape index (κ1) is 10.7. The van der Waals surface area contributed by atoms with Crippen LogP contribution in [-0.2, 0) is 0 Å². The van der Waals surface area contributed by atoms with E-state index < -0.39 is 0 Å². The quantitative estimate of drug-likeness (QED) is 0.258. The molecule has 1 aromatic carbocycles. The van der Waals surface area contributed by atoms with Gasteiger partial charge in [0.2, 0.25) is 0 Å². The van der Waals surface area contributed by atoms with Crippen molar-refractivity contribution in [3.8, 4) is 5.75 Å². The molecule has 0 spiro atoms. The molecule has 0 aliphatic rings. The first-order chi connectivity index (χ1) is 7.19. The standard InChI is InChI=1S/C8H7N5O2/c9-7(4-11-13-10)6-3-5(14)1-2-8(6)12-15/h1-3,9,14H,4H2. The van der Waals surface area contributed by atoms with E-state index in [0.29, 0.717) is 0 Å². The monoisotopic (exact) mass is 205 g/mol. The number of nitroso groups, excluding NO2 is 1. The van der Waals surface area contributed by atoms with Crippen LogP contribution >= 0.6 is 0 Å². The van der Waals surface area contributed by atoms with Gasteiger partial charge < -0.3 is 10.5 Å². The molecule has 2 N–H and O–H groups in total. The number of hydrogen-bond acceptors (Lipinski definition) is 5. The summed E-state index contributed by atoms with van der Waals surface area (Å²) in [6.07, 6.45) is 0. The molecule has 0 aromatic heterocycles. The predicted octanol–water partition coefficient (Wildman–Crippen LogP) is 2.47. The number of phenolic OH excluding ortho intramolecular Hbond substituents is 1. The zero-order chi connectivity index (χ0) is 11.3. The maximum Gasteiger partial charge on any atom is 0.117 e. The molecule has 7 heteroatoms. The zero-order valence-corrected chi connectivity index (χ0v) is 7.58. The van der Waals surface area contributed by atoms with Crippen molar-refractivity contribution in [2.45, 2.75) is 0 Å². The van der Waals surface area contributed by atoms with Gasteiger partial charge in [0.05, 0.1) is 6.54 Å². The number of aromatic hydroxyl groups is 1. The summed E-state index contributed by atoms with van der Waals surface area (Å²) in [4.78, 5) is 12.9. The molecule has 0 bridgehead atoms. The van der Waals surface area contributed by atoms with Crippen LogP contribution in [-0.4, -0.2) is 17.4 Å². The van der Waals surface area contributed by atoms with E-state index in [2.05, 4.69) is 15.2 Å². The van der Waals surface area contributed by atoms with Crippen LogP contribution in [0.2, 0.25) is 0 Å². The zero-order valence-electron chi connectivity index (χ0n) is 7.58. The molecule has 0 radical (unpaired) electrons. The molecule has 1 aromatic rings. The Kier molecular flexibility index (Phi) is 3.37.